The summed E-state index contributed by atoms with van der Waals surface area (Å²) in [5, 5.41) is 3.19. The third-order valence-corrected chi connectivity index (χ3v) is 2.97. The molecule has 0 spiro atoms. The fraction of sp³-hybridized carbons (Fsp3) is 0.714. The van der Waals surface area contributed by atoms with E-state index in [1.165, 1.54) is 0 Å². The molecule has 2 saturated heterocycles. The van der Waals surface area contributed by atoms with Gasteiger partial charge in [-0.15, -0.1) is 0 Å². The van der Waals surface area contributed by atoms with Crippen LogP contribution < -0.4 is 11.1 Å². The molecule has 0 unspecified atom stereocenters. The number of carbonyl (C=O) groups is 1. The van der Waals surface area contributed by atoms with Crippen LogP contribution in [0.15, 0.2) is 16.3 Å². The van der Waals surface area contributed by atoms with Crippen LogP contribution in [-0.4, -0.2) is 50.6 Å². The van der Waals surface area contributed by atoms with Crippen LogP contribution in [-0.2, 0) is 14.3 Å². The predicted molar refractivity (Wildman–Crippen MR) is 78.7 cm³/mol. The van der Waals surface area contributed by atoms with Crippen molar-refractivity contribution in [3.8, 4) is 0 Å². The summed E-state index contributed by atoms with van der Waals surface area (Å²) in [4.78, 5) is 16.2. The van der Waals surface area contributed by atoms with Crippen molar-refractivity contribution in [3.05, 3.63) is 11.3 Å². The Balaban J connectivity index is 0.000000956. The molecule has 3 N–H and O–H groups in total. The Bertz CT molecular complexity index is 387. The number of piperidine rings is 1. The lowest BCUT2D eigenvalue weighted by Gasteiger charge is -2.26. The van der Waals surface area contributed by atoms with E-state index in [0.29, 0.717) is 26.4 Å². The van der Waals surface area contributed by atoms with Crippen molar-refractivity contribution in [2.24, 2.45) is 10.7 Å². The molecule has 0 aliphatic carbocycles. The topological polar surface area (TPSA) is 85.9 Å². The second kappa shape index (κ2) is 8.71. The average molecular weight is 283 g/mol. The summed E-state index contributed by atoms with van der Waals surface area (Å²) in [6.45, 7) is 8.81. The predicted octanol–water partition coefficient (Wildman–Crippen LogP) is 0.622. The van der Waals surface area contributed by atoms with Gasteiger partial charge in [0.2, 0.25) is 0 Å². The number of nitrogens with zero attached hydrogens (tertiary/aromatic N) is 1. The van der Waals surface area contributed by atoms with Crippen LogP contribution in [0.4, 0.5) is 0 Å². The van der Waals surface area contributed by atoms with Gasteiger partial charge in [-0.2, -0.15) is 0 Å². The minimum Gasteiger partial charge on any atom is -0.461 e. The molecule has 0 bridgehead atoms. The molecule has 114 valence electrons. The number of carbonyl (C=O) groups excluding carboxylic acids is 1. The van der Waals surface area contributed by atoms with Crippen molar-refractivity contribution in [1.82, 2.24) is 5.32 Å². The summed E-state index contributed by atoms with van der Waals surface area (Å²) < 4.78 is 10.0. The van der Waals surface area contributed by atoms with Gasteiger partial charge in [-0.1, -0.05) is 13.8 Å². The normalized spacial score (nSPS) is 23.4. The summed E-state index contributed by atoms with van der Waals surface area (Å²) in [7, 11) is 0. The Morgan fingerprint density at radius 1 is 1.50 bits per heavy atom. The average Bonchev–Trinajstić information content (AvgIpc) is 2.45. The van der Waals surface area contributed by atoms with Crippen LogP contribution in [0.25, 0.3) is 0 Å². The fourth-order valence-corrected chi connectivity index (χ4v) is 1.92. The molecule has 0 aromatic rings. The molecule has 2 aliphatic rings. The second-order valence-corrected chi connectivity index (χ2v) is 4.31. The van der Waals surface area contributed by atoms with Crippen LogP contribution in [0.2, 0.25) is 0 Å². The molecule has 6 nitrogen and oxygen atoms in total. The van der Waals surface area contributed by atoms with Crippen LogP contribution in [0, 0.1) is 0 Å². The fourth-order valence-electron chi connectivity index (χ4n) is 1.92. The molecule has 0 radical (unpaired) electrons. The van der Waals surface area contributed by atoms with Crippen molar-refractivity contribution < 1.29 is 14.3 Å². The first-order valence-corrected chi connectivity index (χ1v) is 7.23. The van der Waals surface area contributed by atoms with E-state index in [-0.39, 0.29) is 11.7 Å². The standard InChI is InChI=1S/C12H19N3O3.C2H6/c1-2-18-12(16)11(13)9-5-14-4-3-10(9)15-8-6-17-7-8;1-2/h8,14H,2-7,13H2,1H3;1-2H3/b11-9-,15-10?;. The van der Waals surface area contributed by atoms with Gasteiger partial charge >= 0.3 is 5.97 Å². The second-order valence-electron chi connectivity index (χ2n) is 4.31. The number of nitrogens with one attached hydrogen (secondary N) is 1. The number of hydrogen-bond donors (Lipinski definition) is 2. The smallest absolute Gasteiger partial charge is 0.354 e. The van der Waals surface area contributed by atoms with E-state index in [1.807, 2.05) is 13.8 Å². The molecule has 0 aromatic heterocycles. The third-order valence-electron chi connectivity index (χ3n) is 2.97. The highest BCUT2D eigenvalue weighted by atomic mass is 16.5. The molecule has 6 heteroatoms. The van der Waals surface area contributed by atoms with E-state index >= 15 is 0 Å². The van der Waals surface area contributed by atoms with E-state index in [4.69, 9.17) is 15.2 Å². The zero-order valence-electron chi connectivity index (χ0n) is 12.6. The molecule has 0 aromatic carbocycles. The molecule has 0 atom stereocenters. The van der Waals surface area contributed by atoms with Crippen LogP contribution >= 0.6 is 0 Å². The highest BCUT2D eigenvalue weighted by Crippen LogP contribution is 2.14. The quantitative estimate of drug-likeness (QED) is 0.586. The maximum atomic E-state index is 11.6. The van der Waals surface area contributed by atoms with E-state index in [9.17, 15) is 4.79 Å². The number of nitrogens with two attached hydrogens (primary N) is 1. The summed E-state index contributed by atoms with van der Waals surface area (Å²) in [5.41, 5.74) is 7.71. The van der Waals surface area contributed by atoms with E-state index in [0.717, 1.165) is 24.3 Å². The van der Waals surface area contributed by atoms with Gasteiger partial charge in [-0.3, -0.25) is 4.99 Å². The Morgan fingerprint density at radius 3 is 2.75 bits per heavy atom. The lowest BCUT2D eigenvalue weighted by molar-refractivity contribution is -0.138. The van der Waals surface area contributed by atoms with Crippen molar-refractivity contribution in [2.45, 2.75) is 33.2 Å². The Kier molecular flexibility index (Phi) is 7.25. The first-order chi connectivity index (χ1) is 9.72. The van der Waals surface area contributed by atoms with Gasteiger partial charge in [0, 0.05) is 30.8 Å². The lowest BCUT2D eigenvalue weighted by Crippen LogP contribution is -2.38. The van der Waals surface area contributed by atoms with Crippen molar-refractivity contribution in [2.75, 3.05) is 32.9 Å². The Labute approximate surface area is 120 Å². The van der Waals surface area contributed by atoms with Crippen LogP contribution in [0.5, 0.6) is 0 Å². The highest BCUT2D eigenvalue weighted by molar-refractivity contribution is 6.07. The number of rotatable bonds is 3. The van der Waals surface area contributed by atoms with Gasteiger partial charge < -0.3 is 20.5 Å². The van der Waals surface area contributed by atoms with Crippen molar-refractivity contribution in [1.29, 1.82) is 0 Å². The lowest BCUT2D eigenvalue weighted by atomic mass is 10.0. The first-order valence-electron chi connectivity index (χ1n) is 7.23. The van der Waals surface area contributed by atoms with E-state index < -0.39 is 5.97 Å². The van der Waals surface area contributed by atoms with E-state index in [2.05, 4.69) is 10.3 Å². The maximum Gasteiger partial charge on any atom is 0.354 e. The monoisotopic (exact) mass is 283 g/mol. The Hall–Kier alpha value is -1.40. The zero-order valence-corrected chi connectivity index (χ0v) is 12.6. The summed E-state index contributed by atoms with van der Waals surface area (Å²) in [6.07, 6.45) is 0.784. The van der Waals surface area contributed by atoms with E-state index in [1.54, 1.807) is 6.92 Å². The van der Waals surface area contributed by atoms with Gasteiger partial charge in [0.1, 0.15) is 5.70 Å². The van der Waals surface area contributed by atoms with Crippen LogP contribution in [0.1, 0.15) is 27.2 Å². The molecule has 2 aliphatic heterocycles. The van der Waals surface area contributed by atoms with Crippen molar-refractivity contribution >= 4 is 11.7 Å². The molecule has 0 saturated carbocycles. The molecule has 20 heavy (non-hydrogen) atoms. The van der Waals surface area contributed by atoms with Crippen molar-refractivity contribution in [3.63, 3.8) is 0 Å². The SMILES string of the molecule is CC.CCOC(=O)/C(N)=C1\CNCCC1=NC1COC1. The number of ether oxygens (including phenoxy) is 2. The maximum absolute atomic E-state index is 11.6. The van der Waals surface area contributed by atoms with Gasteiger partial charge in [0.25, 0.3) is 0 Å². The summed E-state index contributed by atoms with van der Waals surface area (Å²) >= 11 is 0. The minimum atomic E-state index is -0.464. The minimum absolute atomic E-state index is 0.169. The zero-order chi connectivity index (χ0) is 15.0. The summed E-state index contributed by atoms with van der Waals surface area (Å²) in [6, 6.07) is 0.211. The van der Waals surface area contributed by atoms with Gasteiger partial charge in [-0.05, 0) is 6.92 Å². The summed E-state index contributed by atoms with van der Waals surface area (Å²) in [5.74, 6) is -0.464. The molecular formula is C14H25N3O3. The molecule has 2 heterocycles. The number of esters is 1. The molecule has 2 rings (SSSR count). The Morgan fingerprint density at radius 2 is 2.20 bits per heavy atom. The number of hydrogen-bond acceptors (Lipinski definition) is 6. The third kappa shape index (κ3) is 4.31. The molecular weight excluding hydrogens is 258 g/mol. The highest BCUT2D eigenvalue weighted by Gasteiger charge is 2.24. The van der Waals surface area contributed by atoms with Gasteiger partial charge in [0.05, 0.1) is 25.9 Å². The van der Waals surface area contributed by atoms with Gasteiger partial charge in [-0.25, -0.2) is 4.79 Å². The number of aliphatic imine (C=N–C) groups is 1. The molecule has 2 fully saturated rings. The first kappa shape index (κ1) is 16.7. The molecule has 0 amide bonds. The largest absolute Gasteiger partial charge is 0.461 e. The van der Waals surface area contributed by atoms with Crippen LogP contribution in [0.3, 0.4) is 0 Å². The van der Waals surface area contributed by atoms with Gasteiger partial charge in [0.15, 0.2) is 0 Å².